The van der Waals surface area contributed by atoms with Crippen LogP contribution in [-0.4, -0.2) is 30.1 Å². The fraction of sp³-hybridized carbons (Fsp3) is 0.200. The van der Waals surface area contributed by atoms with Gasteiger partial charge in [0.25, 0.3) is 0 Å². The normalized spacial score (nSPS) is 16.3. The van der Waals surface area contributed by atoms with Crippen molar-refractivity contribution in [1.82, 2.24) is 10.3 Å². The molecule has 0 saturated carbocycles. The molecule has 2 N–H and O–H groups in total. The van der Waals surface area contributed by atoms with Crippen molar-refractivity contribution >= 4 is 28.2 Å². The third-order valence-electron chi connectivity index (χ3n) is 4.46. The van der Waals surface area contributed by atoms with E-state index in [0.717, 1.165) is 35.9 Å². The van der Waals surface area contributed by atoms with Crippen LogP contribution in [0.1, 0.15) is 6.42 Å². The number of hydrogen-bond acceptors (Lipinski definition) is 4. The molecule has 1 aliphatic rings. The van der Waals surface area contributed by atoms with Gasteiger partial charge in [0.15, 0.2) is 5.13 Å². The van der Waals surface area contributed by atoms with Crippen LogP contribution >= 0.6 is 11.3 Å². The summed E-state index contributed by atoms with van der Waals surface area (Å²) in [7, 11) is 0. The summed E-state index contributed by atoms with van der Waals surface area (Å²) in [5.41, 5.74) is 2.64. The van der Waals surface area contributed by atoms with Crippen molar-refractivity contribution in [1.29, 1.82) is 0 Å². The van der Waals surface area contributed by atoms with E-state index in [9.17, 15) is 9.18 Å². The van der Waals surface area contributed by atoms with Gasteiger partial charge < -0.3 is 15.5 Å². The number of amides is 2. The molecular weight excluding hydrogens is 363 g/mol. The van der Waals surface area contributed by atoms with Crippen LogP contribution in [-0.2, 0) is 0 Å². The lowest BCUT2D eigenvalue weighted by Gasteiger charge is -2.16. The molecule has 4 rings (SSSR count). The quantitative estimate of drug-likeness (QED) is 0.705. The van der Waals surface area contributed by atoms with E-state index in [1.165, 1.54) is 24.3 Å². The molecule has 0 bridgehead atoms. The highest BCUT2D eigenvalue weighted by Gasteiger charge is 2.26. The van der Waals surface area contributed by atoms with Gasteiger partial charge in [-0.2, -0.15) is 0 Å². The molecule has 1 aromatic heterocycles. The van der Waals surface area contributed by atoms with Crippen LogP contribution in [0, 0.1) is 5.82 Å². The maximum Gasteiger partial charge on any atom is 0.319 e. The van der Waals surface area contributed by atoms with Crippen LogP contribution in [0.15, 0.2) is 60.0 Å². The molecule has 1 saturated heterocycles. The van der Waals surface area contributed by atoms with Crippen LogP contribution in [0.5, 0.6) is 0 Å². The lowest BCUT2D eigenvalue weighted by molar-refractivity contribution is 0.249. The summed E-state index contributed by atoms with van der Waals surface area (Å²) in [4.78, 5) is 19.1. The van der Waals surface area contributed by atoms with Gasteiger partial charge in [-0.1, -0.05) is 30.3 Å². The minimum Gasteiger partial charge on any atom is -0.346 e. The van der Waals surface area contributed by atoms with Gasteiger partial charge in [0, 0.05) is 35.8 Å². The van der Waals surface area contributed by atoms with Gasteiger partial charge in [0.2, 0.25) is 0 Å². The molecule has 3 aromatic rings. The number of carbonyl (C=O) groups is 1. The van der Waals surface area contributed by atoms with E-state index < -0.39 is 0 Å². The van der Waals surface area contributed by atoms with Crippen LogP contribution in [0.2, 0.25) is 0 Å². The summed E-state index contributed by atoms with van der Waals surface area (Å²) in [6.45, 7) is 1.57. The highest BCUT2D eigenvalue weighted by molar-refractivity contribution is 7.14. The van der Waals surface area contributed by atoms with Crippen LogP contribution in [0.25, 0.3) is 11.3 Å². The highest BCUT2D eigenvalue weighted by atomic mass is 32.1. The van der Waals surface area contributed by atoms with E-state index in [-0.39, 0.29) is 17.9 Å². The zero-order valence-corrected chi connectivity index (χ0v) is 15.4. The Morgan fingerprint density at radius 3 is 2.70 bits per heavy atom. The highest BCUT2D eigenvalue weighted by Crippen LogP contribution is 2.29. The van der Waals surface area contributed by atoms with Gasteiger partial charge in [-0.3, -0.25) is 0 Å². The molecular formula is C20H19FN4OS. The van der Waals surface area contributed by atoms with Crippen LogP contribution in [0.3, 0.4) is 0 Å². The predicted octanol–water partition coefficient (Wildman–Crippen LogP) is 4.35. The van der Waals surface area contributed by atoms with Crippen molar-refractivity contribution in [3.8, 4) is 11.3 Å². The molecule has 5 nitrogen and oxygen atoms in total. The van der Waals surface area contributed by atoms with Crippen molar-refractivity contribution < 1.29 is 9.18 Å². The number of carbonyl (C=O) groups excluding carboxylic acids is 1. The second-order valence-electron chi connectivity index (χ2n) is 6.42. The topological polar surface area (TPSA) is 57.3 Å². The Bertz CT molecular complexity index is 913. The van der Waals surface area contributed by atoms with Gasteiger partial charge in [-0.05, 0) is 30.7 Å². The summed E-state index contributed by atoms with van der Waals surface area (Å²) >= 11 is 1.62. The molecule has 1 unspecified atom stereocenters. The number of thiazole rings is 1. The van der Waals surface area contributed by atoms with Gasteiger partial charge in [0.1, 0.15) is 5.82 Å². The maximum atomic E-state index is 12.9. The summed E-state index contributed by atoms with van der Waals surface area (Å²) in [5, 5.41) is 8.73. The van der Waals surface area contributed by atoms with Crippen molar-refractivity contribution in [3.63, 3.8) is 0 Å². The number of rotatable bonds is 4. The smallest absolute Gasteiger partial charge is 0.319 e. The second-order valence-corrected chi connectivity index (χ2v) is 7.25. The van der Waals surface area contributed by atoms with Gasteiger partial charge in [-0.15, -0.1) is 11.3 Å². The largest absolute Gasteiger partial charge is 0.346 e. The van der Waals surface area contributed by atoms with Crippen molar-refractivity contribution in [3.05, 3.63) is 65.8 Å². The second kappa shape index (κ2) is 7.75. The van der Waals surface area contributed by atoms with Crippen LogP contribution < -0.4 is 15.5 Å². The molecule has 138 valence electrons. The van der Waals surface area contributed by atoms with E-state index in [2.05, 4.69) is 20.9 Å². The Kier molecular flexibility index (Phi) is 5.02. The van der Waals surface area contributed by atoms with Gasteiger partial charge in [0.05, 0.1) is 5.69 Å². The summed E-state index contributed by atoms with van der Waals surface area (Å²) < 4.78 is 12.9. The number of urea groups is 1. The first-order chi connectivity index (χ1) is 13.2. The number of nitrogens with one attached hydrogen (secondary N) is 2. The summed E-state index contributed by atoms with van der Waals surface area (Å²) in [5.74, 6) is -0.328. The first kappa shape index (κ1) is 17.5. The number of nitrogens with zero attached hydrogens (tertiary/aromatic N) is 2. The van der Waals surface area contributed by atoms with Gasteiger partial charge in [-0.25, -0.2) is 14.2 Å². The molecule has 0 radical (unpaired) electrons. The van der Waals surface area contributed by atoms with Gasteiger partial charge >= 0.3 is 6.03 Å². The van der Waals surface area contributed by atoms with Crippen molar-refractivity contribution in [2.75, 3.05) is 23.3 Å². The molecule has 2 heterocycles. The number of hydrogen-bond donors (Lipinski definition) is 2. The first-order valence-electron chi connectivity index (χ1n) is 8.76. The zero-order valence-electron chi connectivity index (χ0n) is 14.6. The number of aromatic nitrogens is 1. The average molecular weight is 382 g/mol. The Morgan fingerprint density at radius 1 is 1.15 bits per heavy atom. The number of anilines is 2. The minimum absolute atomic E-state index is 0.0505. The monoisotopic (exact) mass is 382 g/mol. The first-order valence-corrected chi connectivity index (χ1v) is 9.64. The Morgan fingerprint density at radius 2 is 1.93 bits per heavy atom. The minimum atomic E-state index is -0.328. The molecule has 27 heavy (non-hydrogen) atoms. The lowest BCUT2D eigenvalue weighted by Crippen LogP contribution is -2.39. The molecule has 1 aliphatic heterocycles. The van der Waals surface area contributed by atoms with E-state index in [4.69, 9.17) is 4.98 Å². The number of benzene rings is 2. The predicted molar refractivity (Wildman–Crippen MR) is 107 cm³/mol. The third-order valence-corrected chi connectivity index (χ3v) is 5.36. The molecule has 2 aromatic carbocycles. The molecule has 1 fully saturated rings. The Hall–Kier alpha value is -2.93. The maximum absolute atomic E-state index is 12.9. The van der Waals surface area contributed by atoms with E-state index in [1.807, 2.05) is 30.3 Å². The molecule has 2 amide bonds. The fourth-order valence-electron chi connectivity index (χ4n) is 3.09. The SMILES string of the molecule is O=C(Nc1ccc(F)cc1)NC1CCN(c2nc(-c3ccccc3)cs2)C1. The molecule has 7 heteroatoms. The standard InChI is InChI=1S/C20H19FN4OS/c21-15-6-8-16(9-7-15)22-19(26)23-17-10-11-25(12-17)20-24-18(13-27-20)14-4-2-1-3-5-14/h1-9,13,17H,10-12H2,(H2,22,23,26). The Balaban J connectivity index is 1.33. The lowest BCUT2D eigenvalue weighted by atomic mass is 10.2. The van der Waals surface area contributed by atoms with Crippen molar-refractivity contribution in [2.45, 2.75) is 12.5 Å². The molecule has 0 spiro atoms. The summed E-state index contributed by atoms with van der Waals surface area (Å²) in [6, 6.07) is 15.6. The summed E-state index contributed by atoms with van der Waals surface area (Å²) in [6.07, 6.45) is 0.858. The van der Waals surface area contributed by atoms with Crippen LogP contribution in [0.4, 0.5) is 20.0 Å². The fourth-order valence-corrected chi connectivity index (χ4v) is 3.96. The third kappa shape index (κ3) is 4.25. The molecule has 0 aliphatic carbocycles. The zero-order chi connectivity index (χ0) is 18.6. The van der Waals surface area contributed by atoms with E-state index in [1.54, 1.807) is 11.3 Å². The average Bonchev–Trinajstić information content (AvgIpc) is 3.34. The van der Waals surface area contributed by atoms with E-state index >= 15 is 0 Å². The number of halogens is 1. The molecule has 1 atom stereocenters. The Labute approximate surface area is 160 Å². The van der Waals surface area contributed by atoms with Crippen molar-refractivity contribution in [2.24, 2.45) is 0 Å². The van der Waals surface area contributed by atoms with E-state index in [0.29, 0.717) is 5.69 Å².